The summed E-state index contributed by atoms with van der Waals surface area (Å²) in [7, 11) is 4.08. The van der Waals surface area contributed by atoms with Crippen LogP contribution in [0.15, 0.2) is 36.4 Å². The number of fused-ring (bicyclic) bond motifs is 1. The Hall–Kier alpha value is -2.64. The van der Waals surface area contributed by atoms with Crippen LogP contribution in [-0.4, -0.2) is 45.5 Å². The van der Waals surface area contributed by atoms with Crippen molar-refractivity contribution in [2.24, 2.45) is 0 Å². The third kappa shape index (κ3) is 3.36. The van der Waals surface area contributed by atoms with E-state index in [-0.39, 0.29) is 0 Å². The fraction of sp³-hybridized carbons (Fsp3) is 0.400. The summed E-state index contributed by atoms with van der Waals surface area (Å²) in [6.45, 7) is 1.85. The van der Waals surface area contributed by atoms with Crippen molar-refractivity contribution < 1.29 is 33.3 Å². The normalized spacial score (nSPS) is 21.0. The molecule has 1 saturated heterocycles. The summed E-state index contributed by atoms with van der Waals surface area (Å²) in [6.07, 6.45) is -2.02. The molecule has 0 N–H and O–H groups in total. The lowest BCUT2D eigenvalue weighted by atomic mass is 9.99. The molecule has 1 fully saturated rings. The molecule has 0 unspecified atom stereocenters. The Morgan fingerprint density at radius 2 is 1.48 bits per heavy atom. The van der Waals surface area contributed by atoms with Crippen molar-refractivity contribution in [3.63, 3.8) is 0 Å². The summed E-state index contributed by atoms with van der Waals surface area (Å²) in [5.41, 5.74) is 0.697. The second-order valence-corrected chi connectivity index (χ2v) is 6.16. The summed E-state index contributed by atoms with van der Waals surface area (Å²) < 4.78 is 26.7. The highest BCUT2D eigenvalue weighted by molar-refractivity contribution is 5.87. The highest BCUT2D eigenvalue weighted by Gasteiger charge is 2.54. The lowest BCUT2D eigenvalue weighted by Gasteiger charge is -2.27. The van der Waals surface area contributed by atoms with Crippen LogP contribution in [0.1, 0.15) is 18.9 Å². The Morgan fingerprint density at radius 1 is 0.926 bits per heavy atom. The average Bonchev–Trinajstić information content (AvgIpc) is 3.13. The van der Waals surface area contributed by atoms with Crippen LogP contribution < -0.4 is 4.74 Å². The van der Waals surface area contributed by atoms with Crippen molar-refractivity contribution in [3.05, 3.63) is 42.0 Å². The Balaban J connectivity index is 2.03. The Morgan fingerprint density at radius 3 is 2.00 bits per heavy atom. The van der Waals surface area contributed by atoms with Crippen molar-refractivity contribution in [2.45, 2.75) is 31.3 Å². The predicted octanol–water partition coefficient (Wildman–Crippen LogP) is 2.54. The molecule has 0 bridgehead atoms. The maximum atomic E-state index is 12.1. The van der Waals surface area contributed by atoms with Gasteiger partial charge in [-0.2, -0.15) is 0 Å². The van der Waals surface area contributed by atoms with E-state index in [4.69, 9.17) is 23.7 Å². The molecular weight excluding hydrogens is 352 g/mol. The Bertz CT molecular complexity index is 837. The van der Waals surface area contributed by atoms with Crippen LogP contribution >= 0.6 is 0 Å². The number of benzene rings is 2. The molecule has 7 nitrogen and oxygen atoms in total. The van der Waals surface area contributed by atoms with E-state index >= 15 is 0 Å². The first-order valence-corrected chi connectivity index (χ1v) is 8.57. The number of methoxy groups -OCH3 is 3. The molecule has 0 aromatic heterocycles. The van der Waals surface area contributed by atoms with Gasteiger partial charge in [-0.05, 0) is 29.0 Å². The second kappa shape index (κ2) is 7.54. The van der Waals surface area contributed by atoms with Gasteiger partial charge in [-0.1, -0.05) is 25.1 Å². The Kier molecular flexibility index (Phi) is 5.34. The first kappa shape index (κ1) is 19.1. The van der Waals surface area contributed by atoms with E-state index in [0.29, 0.717) is 12.0 Å². The maximum Gasteiger partial charge on any atom is 0.338 e. The van der Waals surface area contributed by atoms with Gasteiger partial charge in [0.2, 0.25) is 0 Å². The zero-order chi connectivity index (χ0) is 19.6. The number of rotatable bonds is 5. The van der Waals surface area contributed by atoms with Crippen LogP contribution in [0.25, 0.3) is 10.8 Å². The average molecular weight is 374 g/mol. The molecule has 0 aliphatic carbocycles. The second-order valence-electron chi connectivity index (χ2n) is 6.16. The van der Waals surface area contributed by atoms with E-state index in [0.717, 1.165) is 16.5 Å². The first-order chi connectivity index (χ1) is 13.0. The molecule has 1 aliphatic rings. The van der Waals surface area contributed by atoms with E-state index in [1.165, 1.54) is 14.2 Å². The number of hydrogen-bond donors (Lipinski definition) is 0. The molecule has 144 valence electrons. The molecule has 3 rings (SSSR count). The quantitative estimate of drug-likeness (QED) is 0.744. The number of ether oxygens (including phenoxy) is 5. The van der Waals surface area contributed by atoms with Crippen molar-refractivity contribution >= 4 is 22.7 Å². The van der Waals surface area contributed by atoms with Gasteiger partial charge < -0.3 is 23.7 Å². The Labute approximate surface area is 157 Å². The van der Waals surface area contributed by atoms with Crippen LogP contribution in [0.4, 0.5) is 0 Å². The smallest absolute Gasteiger partial charge is 0.338 e. The summed E-state index contributed by atoms with van der Waals surface area (Å²) in [4.78, 5) is 24.2. The minimum atomic E-state index is -1.26. The fourth-order valence-electron chi connectivity index (χ4n) is 3.23. The van der Waals surface area contributed by atoms with E-state index < -0.39 is 29.9 Å². The minimum absolute atomic E-state index is 0.385. The van der Waals surface area contributed by atoms with Gasteiger partial charge in [0, 0.05) is 12.0 Å². The topological polar surface area (TPSA) is 80.3 Å². The summed E-state index contributed by atoms with van der Waals surface area (Å²) >= 11 is 0. The van der Waals surface area contributed by atoms with Gasteiger partial charge in [0.15, 0.2) is 18.0 Å². The van der Waals surface area contributed by atoms with Gasteiger partial charge in [0.05, 0.1) is 21.3 Å². The lowest BCUT2D eigenvalue weighted by Crippen LogP contribution is -2.38. The molecule has 0 radical (unpaired) electrons. The predicted molar refractivity (Wildman–Crippen MR) is 96.2 cm³/mol. The van der Waals surface area contributed by atoms with Crippen LogP contribution in [0.2, 0.25) is 0 Å². The van der Waals surface area contributed by atoms with Crippen LogP contribution in [0, 0.1) is 0 Å². The van der Waals surface area contributed by atoms with Gasteiger partial charge in [0.25, 0.3) is 0 Å². The molecule has 7 heteroatoms. The zero-order valence-electron chi connectivity index (χ0n) is 15.7. The minimum Gasteiger partial charge on any atom is -0.497 e. The van der Waals surface area contributed by atoms with Gasteiger partial charge in [0.1, 0.15) is 5.75 Å². The molecule has 2 aromatic rings. The van der Waals surface area contributed by atoms with Gasteiger partial charge in [-0.25, -0.2) is 9.59 Å². The van der Waals surface area contributed by atoms with E-state index in [1.54, 1.807) is 7.11 Å². The highest BCUT2D eigenvalue weighted by Crippen LogP contribution is 2.42. The van der Waals surface area contributed by atoms with Crippen molar-refractivity contribution in [1.29, 1.82) is 0 Å². The van der Waals surface area contributed by atoms with Crippen LogP contribution in [0.5, 0.6) is 5.75 Å². The number of carbonyl (C=O) groups is 2. The van der Waals surface area contributed by atoms with E-state index in [1.807, 2.05) is 43.3 Å². The largest absolute Gasteiger partial charge is 0.497 e. The van der Waals surface area contributed by atoms with Crippen LogP contribution in [0.3, 0.4) is 0 Å². The number of esters is 2. The zero-order valence-corrected chi connectivity index (χ0v) is 15.7. The molecule has 0 spiro atoms. The van der Waals surface area contributed by atoms with Gasteiger partial charge in [-0.15, -0.1) is 0 Å². The summed E-state index contributed by atoms with van der Waals surface area (Å²) in [5.74, 6) is -1.88. The molecule has 2 aromatic carbocycles. The molecule has 1 heterocycles. The molecule has 1 aliphatic heterocycles. The molecule has 27 heavy (non-hydrogen) atoms. The van der Waals surface area contributed by atoms with Crippen molar-refractivity contribution in [3.8, 4) is 5.75 Å². The standard InChI is InChI=1S/C20H22O7/c1-5-20(26-16(18(21)24-3)17(27-20)19(22)25-4)14-8-6-13-11-15(23-2)9-7-12(13)10-14/h6-11,16-17H,5H2,1-4H3/t16-,17-/m0/s1. The number of hydrogen-bond acceptors (Lipinski definition) is 7. The van der Waals surface area contributed by atoms with Crippen molar-refractivity contribution in [2.75, 3.05) is 21.3 Å². The highest BCUT2D eigenvalue weighted by atomic mass is 16.8. The number of carbonyl (C=O) groups excluding carboxylic acids is 2. The first-order valence-electron chi connectivity index (χ1n) is 8.57. The monoisotopic (exact) mass is 374 g/mol. The molecular formula is C20H22O7. The summed E-state index contributed by atoms with van der Waals surface area (Å²) in [5, 5.41) is 1.93. The van der Waals surface area contributed by atoms with Crippen LogP contribution in [-0.2, 0) is 34.3 Å². The van der Waals surface area contributed by atoms with Gasteiger partial charge >= 0.3 is 11.9 Å². The van der Waals surface area contributed by atoms with E-state index in [2.05, 4.69) is 0 Å². The molecule has 2 atom stereocenters. The summed E-state index contributed by atoms with van der Waals surface area (Å²) in [6, 6.07) is 11.4. The third-order valence-corrected chi connectivity index (χ3v) is 4.73. The van der Waals surface area contributed by atoms with Crippen molar-refractivity contribution in [1.82, 2.24) is 0 Å². The third-order valence-electron chi connectivity index (χ3n) is 4.73. The fourth-order valence-corrected chi connectivity index (χ4v) is 3.23. The maximum absolute atomic E-state index is 12.1. The molecule has 0 amide bonds. The SMILES string of the molecule is CCC1(c2ccc3cc(OC)ccc3c2)O[C@H](C(=O)OC)[C@@H](C(=O)OC)O1. The molecule has 0 saturated carbocycles. The van der Waals surface area contributed by atoms with E-state index in [9.17, 15) is 9.59 Å². The lowest BCUT2D eigenvalue weighted by molar-refractivity contribution is -0.196. The van der Waals surface area contributed by atoms with Gasteiger partial charge in [-0.3, -0.25) is 0 Å².